The third-order valence-electron chi connectivity index (χ3n) is 2.82. The van der Waals surface area contributed by atoms with Gasteiger partial charge in [-0.05, 0) is 17.7 Å². The zero-order valence-electron chi connectivity index (χ0n) is 7.46. The maximum absolute atomic E-state index is 2.34. The Morgan fingerprint density at radius 1 is 1.15 bits per heavy atom. The van der Waals surface area contributed by atoms with Crippen LogP contribution in [0.25, 0.3) is 5.57 Å². The Morgan fingerprint density at radius 3 is 3.08 bits per heavy atom. The van der Waals surface area contributed by atoms with Crippen LogP contribution in [0.3, 0.4) is 0 Å². The van der Waals surface area contributed by atoms with E-state index in [0.29, 0.717) is 0 Å². The van der Waals surface area contributed by atoms with Crippen LogP contribution in [0.1, 0.15) is 17.5 Å². The number of fused-ring (bicyclic) bond motifs is 2. The molecule has 0 radical (unpaired) electrons. The van der Waals surface area contributed by atoms with E-state index in [1.54, 1.807) is 0 Å². The molecule has 0 amide bonds. The summed E-state index contributed by atoms with van der Waals surface area (Å²) in [5.41, 5.74) is 5.88. The van der Waals surface area contributed by atoms with E-state index in [1.807, 2.05) is 0 Å². The second-order valence-electron chi connectivity index (χ2n) is 3.62. The standard InChI is InChI=1S/C13H11/c1-3-7-12-10(5-1)9-11-6-2-4-8-13(11)12/h1,3-8H,2,9H2/q+1. The lowest BCUT2D eigenvalue weighted by atomic mass is 9.98. The molecule has 1 aromatic rings. The minimum Gasteiger partial charge on any atom is -0.0618 e. The fraction of sp³-hybridized carbons (Fsp3) is 0.154. The van der Waals surface area contributed by atoms with Gasteiger partial charge in [-0.15, -0.1) is 0 Å². The van der Waals surface area contributed by atoms with Crippen molar-refractivity contribution in [2.75, 3.05) is 0 Å². The molecule has 3 rings (SSSR count). The van der Waals surface area contributed by atoms with Crippen LogP contribution < -0.4 is 0 Å². The third kappa shape index (κ3) is 0.951. The van der Waals surface area contributed by atoms with E-state index in [-0.39, 0.29) is 0 Å². The molecule has 0 heteroatoms. The van der Waals surface area contributed by atoms with Gasteiger partial charge in [0.25, 0.3) is 0 Å². The van der Waals surface area contributed by atoms with Gasteiger partial charge < -0.3 is 0 Å². The molecule has 62 valence electrons. The number of hydrogen-bond donors (Lipinski definition) is 0. The Balaban J connectivity index is 2.18. The number of allylic oxidation sites excluding steroid dienone is 4. The molecule has 0 spiro atoms. The molecule has 0 N–H and O–H groups in total. The second kappa shape index (κ2) is 2.53. The average molecular weight is 167 g/mol. The maximum atomic E-state index is 2.34. The highest BCUT2D eigenvalue weighted by Crippen LogP contribution is 2.37. The van der Waals surface area contributed by atoms with Gasteiger partial charge >= 0.3 is 0 Å². The quantitative estimate of drug-likeness (QED) is 0.521. The highest BCUT2D eigenvalue weighted by Gasteiger charge is 2.28. The normalized spacial score (nSPS) is 18.2. The van der Waals surface area contributed by atoms with Crippen LogP contribution in [-0.2, 0) is 6.42 Å². The van der Waals surface area contributed by atoms with Crippen molar-refractivity contribution in [2.24, 2.45) is 0 Å². The van der Waals surface area contributed by atoms with Crippen molar-refractivity contribution in [3.63, 3.8) is 0 Å². The van der Waals surface area contributed by atoms with Gasteiger partial charge in [0.1, 0.15) is 11.1 Å². The van der Waals surface area contributed by atoms with Crippen LogP contribution in [0.15, 0.2) is 42.0 Å². The van der Waals surface area contributed by atoms with Gasteiger partial charge in [-0.3, -0.25) is 0 Å². The molecule has 0 saturated heterocycles. The summed E-state index contributed by atoms with van der Waals surface area (Å²) in [5, 5.41) is 0. The summed E-state index contributed by atoms with van der Waals surface area (Å²) in [6.07, 6.45) is 9.08. The highest BCUT2D eigenvalue weighted by atomic mass is 14.2. The van der Waals surface area contributed by atoms with E-state index in [2.05, 4.69) is 42.8 Å². The number of hydrogen-bond acceptors (Lipinski definition) is 0. The molecule has 0 atom stereocenters. The van der Waals surface area contributed by atoms with Crippen LogP contribution >= 0.6 is 0 Å². The average Bonchev–Trinajstić information content (AvgIpc) is 2.56. The van der Waals surface area contributed by atoms with Gasteiger partial charge in [-0.1, -0.05) is 18.2 Å². The summed E-state index contributed by atoms with van der Waals surface area (Å²) in [6, 6.07) is 8.70. The summed E-state index contributed by atoms with van der Waals surface area (Å²) in [5.74, 6) is 0. The van der Waals surface area contributed by atoms with Crippen molar-refractivity contribution in [2.45, 2.75) is 12.8 Å². The Bertz CT molecular complexity index is 408. The molecule has 1 aromatic carbocycles. The Morgan fingerprint density at radius 2 is 2.08 bits per heavy atom. The monoisotopic (exact) mass is 167 g/mol. The molecule has 13 heavy (non-hydrogen) atoms. The molecule has 0 bridgehead atoms. The van der Waals surface area contributed by atoms with Crippen molar-refractivity contribution >= 4 is 5.57 Å². The van der Waals surface area contributed by atoms with Gasteiger partial charge in [-0.25, -0.2) is 0 Å². The van der Waals surface area contributed by atoms with E-state index in [4.69, 9.17) is 0 Å². The van der Waals surface area contributed by atoms with E-state index >= 15 is 0 Å². The summed E-state index contributed by atoms with van der Waals surface area (Å²) >= 11 is 0. The maximum Gasteiger partial charge on any atom is 0.120 e. The van der Waals surface area contributed by atoms with Crippen molar-refractivity contribution < 1.29 is 0 Å². The van der Waals surface area contributed by atoms with Crippen LogP contribution in [0, 0.1) is 6.42 Å². The van der Waals surface area contributed by atoms with Crippen LogP contribution in [-0.4, -0.2) is 0 Å². The zero-order chi connectivity index (χ0) is 8.67. The van der Waals surface area contributed by atoms with Crippen LogP contribution in [0.4, 0.5) is 0 Å². The topological polar surface area (TPSA) is 0 Å². The molecule has 0 heterocycles. The molecule has 0 aliphatic heterocycles. The Labute approximate surface area is 78.6 Å². The first-order chi connectivity index (χ1) is 6.45. The Hall–Kier alpha value is -1.43. The van der Waals surface area contributed by atoms with E-state index in [9.17, 15) is 0 Å². The van der Waals surface area contributed by atoms with E-state index in [0.717, 1.165) is 12.8 Å². The summed E-state index contributed by atoms with van der Waals surface area (Å²) < 4.78 is 0. The van der Waals surface area contributed by atoms with Gasteiger partial charge in [0.05, 0.1) is 12.0 Å². The SMILES string of the molecule is C1=CC2=C([CH+]C1)Cc1ccccc12. The van der Waals surface area contributed by atoms with Crippen molar-refractivity contribution in [1.29, 1.82) is 0 Å². The molecule has 2 aliphatic carbocycles. The first-order valence-corrected chi connectivity index (χ1v) is 4.76. The lowest BCUT2D eigenvalue weighted by Crippen LogP contribution is -1.89. The summed E-state index contributed by atoms with van der Waals surface area (Å²) in [4.78, 5) is 0. The second-order valence-corrected chi connectivity index (χ2v) is 3.62. The highest BCUT2D eigenvalue weighted by molar-refractivity contribution is 5.85. The van der Waals surface area contributed by atoms with Gasteiger partial charge in [0, 0.05) is 18.9 Å². The minimum atomic E-state index is 1.10. The first kappa shape index (κ1) is 7.02. The fourth-order valence-electron chi connectivity index (χ4n) is 2.19. The fourth-order valence-corrected chi connectivity index (χ4v) is 2.19. The zero-order valence-corrected chi connectivity index (χ0v) is 7.46. The predicted octanol–water partition coefficient (Wildman–Crippen LogP) is 3.16. The molecule has 0 aromatic heterocycles. The molecular weight excluding hydrogens is 156 g/mol. The minimum absolute atomic E-state index is 1.10. The van der Waals surface area contributed by atoms with Gasteiger partial charge in [-0.2, -0.15) is 0 Å². The number of rotatable bonds is 0. The molecule has 0 nitrogen and oxygen atoms in total. The third-order valence-corrected chi connectivity index (χ3v) is 2.82. The largest absolute Gasteiger partial charge is 0.120 e. The van der Waals surface area contributed by atoms with Crippen LogP contribution in [0.5, 0.6) is 0 Å². The van der Waals surface area contributed by atoms with E-state index in [1.165, 1.54) is 22.3 Å². The summed E-state index contributed by atoms with van der Waals surface area (Å²) in [7, 11) is 0. The predicted molar refractivity (Wildman–Crippen MR) is 55.1 cm³/mol. The van der Waals surface area contributed by atoms with Crippen molar-refractivity contribution in [3.05, 3.63) is 59.5 Å². The molecule has 0 saturated carbocycles. The molecule has 2 aliphatic rings. The summed E-state index contributed by atoms with van der Waals surface area (Å²) in [6.45, 7) is 0. The number of benzene rings is 1. The van der Waals surface area contributed by atoms with Gasteiger partial charge in [0.15, 0.2) is 0 Å². The lowest BCUT2D eigenvalue weighted by molar-refractivity contribution is 1.12. The lowest BCUT2D eigenvalue weighted by Gasteiger charge is -1.97. The van der Waals surface area contributed by atoms with Crippen LogP contribution in [0.2, 0.25) is 0 Å². The van der Waals surface area contributed by atoms with Crippen molar-refractivity contribution in [3.8, 4) is 0 Å². The van der Waals surface area contributed by atoms with E-state index < -0.39 is 0 Å². The first-order valence-electron chi connectivity index (χ1n) is 4.76. The molecule has 0 fully saturated rings. The van der Waals surface area contributed by atoms with Gasteiger partial charge in [0.2, 0.25) is 0 Å². The molecular formula is C13H11+. The smallest absolute Gasteiger partial charge is 0.0618 e. The molecule has 0 unspecified atom stereocenters. The van der Waals surface area contributed by atoms with Crippen molar-refractivity contribution in [1.82, 2.24) is 0 Å². The Kier molecular flexibility index (Phi) is 1.36.